The Morgan fingerprint density at radius 1 is 1.13 bits per heavy atom. The Labute approximate surface area is 87.6 Å². The van der Waals surface area contributed by atoms with Crippen LogP contribution in [0.15, 0.2) is 18.2 Å². The standard InChI is InChI=1S/C10H13N3O2/c1-6-4-3-5-7(2)8(6)12-9(14)10(15)13-11/h3-5H,11H2,1-2H3,(H,12,14)(H,13,15). The molecule has 0 aliphatic heterocycles. The molecule has 15 heavy (non-hydrogen) atoms. The van der Waals surface area contributed by atoms with Gasteiger partial charge in [-0.25, -0.2) is 5.84 Å². The molecule has 0 saturated heterocycles. The van der Waals surface area contributed by atoms with Gasteiger partial charge in [0, 0.05) is 5.69 Å². The van der Waals surface area contributed by atoms with E-state index in [0.717, 1.165) is 11.1 Å². The number of para-hydroxylation sites is 1. The Hall–Kier alpha value is -1.88. The highest BCUT2D eigenvalue weighted by molar-refractivity contribution is 6.39. The van der Waals surface area contributed by atoms with Gasteiger partial charge >= 0.3 is 11.8 Å². The van der Waals surface area contributed by atoms with E-state index in [0.29, 0.717) is 5.69 Å². The molecule has 0 radical (unpaired) electrons. The predicted molar refractivity (Wildman–Crippen MR) is 56.9 cm³/mol. The first-order valence-electron chi connectivity index (χ1n) is 4.44. The molecule has 80 valence electrons. The number of carbonyl (C=O) groups is 2. The van der Waals surface area contributed by atoms with E-state index in [-0.39, 0.29) is 0 Å². The summed E-state index contributed by atoms with van der Waals surface area (Å²) in [5.41, 5.74) is 4.21. The molecule has 0 unspecified atom stereocenters. The molecular weight excluding hydrogens is 194 g/mol. The van der Waals surface area contributed by atoms with Crippen molar-refractivity contribution in [2.24, 2.45) is 5.84 Å². The molecule has 0 aromatic heterocycles. The molecule has 5 heteroatoms. The molecule has 1 aromatic rings. The van der Waals surface area contributed by atoms with Crippen molar-refractivity contribution in [3.63, 3.8) is 0 Å². The first-order chi connectivity index (χ1) is 7.06. The van der Waals surface area contributed by atoms with E-state index in [1.807, 2.05) is 32.0 Å². The minimum atomic E-state index is -0.863. The third-order valence-corrected chi connectivity index (χ3v) is 2.06. The first kappa shape index (κ1) is 11.2. The van der Waals surface area contributed by atoms with Crippen LogP contribution in [0.3, 0.4) is 0 Å². The Morgan fingerprint density at radius 2 is 1.67 bits per heavy atom. The molecule has 0 fully saturated rings. The molecule has 5 nitrogen and oxygen atoms in total. The zero-order valence-electron chi connectivity index (χ0n) is 8.63. The van der Waals surface area contributed by atoms with E-state index in [2.05, 4.69) is 5.32 Å². The lowest BCUT2D eigenvalue weighted by molar-refractivity contribution is -0.136. The van der Waals surface area contributed by atoms with Gasteiger partial charge in [-0.3, -0.25) is 15.0 Å². The second-order valence-corrected chi connectivity index (χ2v) is 3.19. The third-order valence-electron chi connectivity index (χ3n) is 2.06. The topological polar surface area (TPSA) is 84.2 Å². The molecule has 4 N–H and O–H groups in total. The average molecular weight is 207 g/mol. The monoisotopic (exact) mass is 207 g/mol. The van der Waals surface area contributed by atoms with Gasteiger partial charge in [0.1, 0.15) is 0 Å². The maximum atomic E-state index is 11.2. The molecule has 0 atom stereocenters. The number of benzene rings is 1. The number of hydrogen-bond donors (Lipinski definition) is 3. The summed E-state index contributed by atoms with van der Waals surface area (Å²) in [6.07, 6.45) is 0. The number of nitrogens with two attached hydrogens (primary N) is 1. The van der Waals surface area contributed by atoms with Crippen LogP contribution in [0.5, 0.6) is 0 Å². The maximum absolute atomic E-state index is 11.2. The van der Waals surface area contributed by atoms with Gasteiger partial charge in [-0.05, 0) is 25.0 Å². The summed E-state index contributed by atoms with van der Waals surface area (Å²) in [6.45, 7) is 3.70. The summed E-state index contributed by atoms with van der Waals surface area (Å²) in [6, 6.07) is 5.58. The zero-order chi connectivity index (χ0) is 11.4. The predicted octanol–water partition coefficient (Wildman–Crippen LogP) is 0.232. The molecule has 2 amide bonds. The highest BCUT2D eigenvalue weighted by atomic mass is 16.2. The minimum Gasteiger partial charge on any atom is -0.317 e. The van der Waals surface area contributed by atoms with E-state index in [4.69, 9.17) is 5.84 Å². The van der Waals surface area contributed by atoms with Crippen LogP contribution in [-0.2, 0) is 9.59 Å². The summed E-state index contributed by atoms with van der Waals surface area (Å²) >= 11 is 0. The van der Waals surface area contributed by atoms with Gasteiger partial charge < -0.3 is 5.32 Å². The fraction of sp³-hybridized carbons (Fsp3) is 0.200. The third kappa shape index (κ3) is 2.54. The van der Waals surface area contributed by atoms with E-state index in [9.17, 15) is 9.59 Å². The van der Waals surface area contributed by atoms with Crippen molar-refractivity contribution in [3.8, 4) is 0 Å². The van der Waals surface area contributed by atoms with Crippen molar-refractivity contribution in [3.05, 3.63) is 29.3 Å². The number of aryl methyl sites for hydroxylation is 2. The van der Waals surface area contributed by atoms with Gasteiger partial charge in [0.05, 0.1) is 0 Å². The van der Waals surface area contributed by atoms with E-state index in [1.165, 1.54) is 0 Å². The van der Waals surface area contributed by atoms with E-state index >= 15 is 0 Å². The maximum Gasteiger partial charge on any atom is 0.323 e. The normalized spacial score (nSPS) is 9.53. The quantitative estimate of drug-likeness (QED) is 0.267. The van der Waals surface area contributed by atoms with Crippen LogP contribution in [0.1, 0.15) is 11.1 Å². The van der Waals surface area contributed by atoms with Crippen molar-refractivity contribution in [2.75, 3.05) is 5.32 Å². The molecule has 0 aliphatic carbocycles. The number of nitrogens with one attached hydrogen (secondary N) is 2. The summed E-state index contributed by atoms with van der Waals surface area (Å²) in [5.74, 6) is 3.21. The molecule has 0 spiro atoms. The van der Waals surface area contributed by atoms with Crippen LogP contribution in [-0.4, -0.2) is 11.8 Å². The Morgan fingerprint density at radius 3 is 2.13 bits per heavy atom. The number of anilines is 1. The fourth-order valence-electron chi connectivity index (χ4n) is 1.25. The van der Waals surface area contributed by atoms with Crippen LogP contribution in [0.4, 0.5) is 5.69 Å². The number of hydrazine groups is 1. The largest absolute Gasteiger partial charge is 0.323 e. The summed E-state index contributed by atoms with van der Waals surface area (Å²) < 4.78 is 0. The van der Waals surface area contributed by atoms with Crippen molar-refractivity contribution in [2.45, 2.75) is 13.8 Å². The molecule has 0 heterocycles. The summed E-state index contributed by atoms with van der Waals surface area (Å²) in [4.78, 5) is 22.1. The lowest BCUT2D eigenvalue weighted by Gasteiger charge is -2.10. The average Bonchev–Trinajstić information content (AvgIpc) is 2.22. The molecule has 1 rings (SSSR count). The first-order valence-corrected chi connectivity index (χ1v) is 4.44. The van der Waals surface area contributed by atoms with Gasteiger partial charge in [-0.15, -0.1) is 0 Å². The van der Waals surface area contributed by atoms with Crippen LogP contribution >= 0.6 is 0 Å². The lowest BCUT2D eigenvalue weighted by Crippen LogP contribution is -2.39. The van der Waals surface area contributed by atoms with Crippen LogP contribution in [0.25, 0.3) is 0 Å². The smallest absolute Gasteiger partial charge is 0.317 e. The lowest BCUT2D eigenvalue weighted by atomic mass is 10.1. The minimum absolute atomic E-state index is 0.645. The summed E-state index contributed by atoms with van der Waals surface area (Å²) in [5, 5.41) is 2.50. The molecule has 0 bridgehead atoms. The molecule has 0 aliphatic rings. The highest BCUT2D eigenvalue weighted by Crippen LogP contribution is 2.18. The van der Waals surface area contributed by atoms with Crippen molar-refractivity contribution in [1.82, 2.24) is 5.43 Å². The van der Waals surface area contributed by atoms with Gasteiger partial charge in [-0.2, -0.15) is 0 Å². The van der Waals surface area contributed by atoms with Gasteiger partial charge in [-0.1, -0.05) is 18.2 Å². The Kier molecular flexibility index (Phi) is 3.41. The fourth-order valence-corrected chi connectivity index (χ4v) is 1.25. The van der Waals surface area contributed by atoms with Gasteiger partial charge in [0.25, 0.3) is 0 Å². The Balaban J connectivity index is 2.90. The molecule has 1 aromatic carbocycles. The second-order valence-electron chi connectivity index (χ2n) is 3.19. The number of amides is 2. The van der Waals surface area contributed by atoms with Crippen molar-refractivity contribution in [1.29, 1.82) is 0 Å². The van der Waals surface area contributed by atoms with Gasteiger partial charge in [0.15, 0.2) is 0 Å². The SMILES string of the molecule is Cc1cccc(C)c1NC(=O)C(=O)NN. The molecule has 0 saturated carbocycles. The van der Waals surface area contributed by atoms with Crippen LogP contribution in [0, 0.1) is 13.8 Å². The van der Waals surface area contributed by atoms with E-state index in [1.54, 1.807) is 5.43 Å². The zero-order valence-corrected chi connectivity index (χ0v) is 8.63. The van der Waals surface area contributed by atoms with Crippen LogP contribution < -0.4 is 16.6 Å². The molecular formula is C10H13N3O2. The van der Waals surface area contributed by atoms with Crippen LogP contribution in [0.2, 0.25) is 0 Å². The number of carbonyl (C=O) groups excluding carboxylic acids is 2. The van der Waals surface area contributed by atoms with Crippen molar-refractivity contribution >= 4 is 17.5 Å². The summed E-state index contributed by atoms with van der Waals surface area (Å²) in [7, 11) is 0. The Bertz CT molecular complexity index is 381. The number of rotatable bonds is 1. The number of hydrogen-bond acceptors (Lipinski definition) is 3. The second kappa shape index (κ2) is 4.56. The van der Waals surface area contributed by atoms with E-state index < -0.39 is 11.8 Å². The van der Waals surface area contributed by atoms with Crippen molar-refractivity contribution < 1.29 is 9.59 Å². The van der Waals surface area contributed by atoms with Gasteiger partial charge in [0.2, 0.25) is 0 Å². The highest BCUT2D eigenvalue weighted by Gasteiger charge is 2.13.